The summed E-state index contributed by atoms with van der Waals surface area (Å²) in [4.78, 5) is 0. The Labute approximate surface area is 75.8 Å². The monoisotopic (exact) mass is 168 g/mol. The summed E-state index contributed by atoms with van der Waals surface area (Å²) >= 11 is 0. The highest BCUT2D eigenvalue weighted by Gasteiger charge is 2.06. The maximum Gasteiger partial charge on any atom is 0.0323 e. The predicted octanol–water partition coefficient (Wildman–Crippen LogP) is 3.14. The van der Waals surface area contributed by atoms with E-state index in [-0.39, 0.29) is 10.8 Å². The van der Waals surface area contributed by atoms with E-state index in [1.54, 1.807) is 0 Å². The smallest absolute Gasteiger partial charge is 0.0323 e. The summed E-state index contributed by atoms with van der Waals surface area (Å²) in [6, 6.07) is 0. The summed E-state index contributed by atoms with van der Waals surface area (Å²) in [5, 5.41) is 7.94. The van der Waals surface area contributed by atoms with Crippen LogP contribution in [0.15, 0.2) is 10.2 Å². The van der Waals surface area contributed by atoms with Crippen LogP contribution in [-0.2, 0) is 0 Å². The van der Waals surface area contributed by atoms with Crippen LogP contribution in [0.4, 0.5) is 0 Å². The lowest BCUT2D eigenvalue weighted by Crippen LogP contribution is -2.07. The van der Waals surface area contributed by atoms with E-state index in [9.17, 15) is 0 Å². The lowest BCUT2D eigenvalue weighted by atomic mass is 9.99. The molecule has 0 aliphatic heterocycles. The predicted molar refractivity (Wildman–Crippen MR) is 55.9 cm³/mol. The fraction of sp³-hybridized carbons (Fsp3) is 0.800. The molecule has 0 spiro atoms. The molecule has 70 valence electrons. The number of nitrogens with zero attached hydrogens (tertiary/aromatic N) is 2. The first-order chi connectivity index (χ1) is 5.21. The zero-order valence-electron chi connectivity index (χ0n) is 9.05. The SMILES string of the molecule is CC(C)(C)C=NN=CC(C)(C)C. The molecule has 0 rings (SSSR count). The van der Waals surface area contributed by atoms with Crippen LogP contribution in [0.3, 0.4) is 0 Å². The Balaban J connectivity index is 4.00. The van der Waals surface area contributed by atoms with E-state index < -0.39 is 0 Å². The second-order valence-corrected chi connectivity index (χ2v) is 5.22. The maximum atomic E-state index is 3.97. The van der Waals surface area contributed by atoms with Gasteiger partial charge in [-0.2, -0.15) is 10.2 Å². The number of hydrogen-bond donors (Lipinski definition) is 0. The van der Waals surface area contributed by atoms with Crippen LogP contribution in [0.5, 0.6) is 0 Å². The van der Waals surface area contributed by atoms with Crippen molar-refractivity contribution in [2.24, 2.45) is 21.0 Å². The normalized spacial score (nSPS) is 14.8. The summed E-state index contributed by atoms with van der Waals surface area (Å²) < 4.78 is 0. The van der Waals surface area contributed by atoms with E-state index in [1.165, 1.54) is 0 Å². The molecule has 0 amide bonds. The molecule has 0 radical (unpaired) electrons. The van der Waals surface area contributed by atoms with Gasteiger partial charge in [0.1, 0.15) is 0 Å². The highest BCUT2D eigenvalue weighted by atomic mass is 15.2. The van der Waals surface area contributed by atoms with Gasteiger partial charge in [-0.1, -0.05) is 41.5 Å². The van der Waals surface area contributed by atoms with Crippen molar-refractivity contribution in [2.45, 2.75) is 41.5 Å². The summed E-state index contributed by atoms with van der Waals surface area (Å²) in [6.45, 7) is 12.6. The van der Waals surface area contributed by atoms with Gasteiger partial charge in [0.2, 0.25) is 0 Å². The Hall–Kier alpha value is -0.660. The summed E-state index contributed by atoms with van der Waals surface area (Å²) in [5.74, 6) is 0. The van der Waals surface area contributed by atoms with Gasteiger partial charge >= 0.3 is 0 Å². The summed E-state index contributed by atoms with van der Waals surface area (Å²) in [5.41, 5.74) is 0.241. The largest absolute Gasteiger partial charge is 0.163 e. The minimum atomic E-state index is 0.120. The molecule has 0 saturated carbocycles. The van der Waals surface area contributed by atoms with Gasteiger partial charge < -0.3 is 0 Å². The third-order valence-corrected chi connectivity index (χ3v) is 0.957. The molecular formula is C10H20N2. The first kappa shape index (κ1) is 11.3. The van der Waals surface area contributed by atoms with Gasteiger partial charge in [-0.25, -0.2) is 0 Å². The van der Waals surface area contributed by atoms with Crippen LogP contribution in [0.1, 0.15) is 41.5 Å². The van der Waals surface area contributed by atoms with E-state index in [2.05, 4.69) is 51.7 Å². The van der Waals surface area contributed by atoms with Crippen molar-refractivity contribution in [1.82, 2.24) is 0 Å². The van der Waals surface area contributed by atoms with E-state index in [0.717, 1.165) is 0 Å². The Bertz CT molecular complexity index is 155. The molecule has 12 heavy (non-hydrogen) atoms. The van der Waals surface area contributed by atoms with Gasteiger partial charge in [0.05, 0.1) is 0 Å². The fourth-order valence-electron chi connectivity index (χ4n) is 0.413. The molecule has 0 aromatic rings. The molecule has 0 aromatic heterocycles. The van der Waals surface area contributed by atoms with Crippen molar-refractivity contribution in [2.75, 3.05) is 0 Å². The minimum absolute atomic E-state index is 0.120. The zero-order chi connectivity index (χ0) is 9.83. The lowest BCUT2D eigenvalue weighted by Gasteiger charge is -2.10. The first-order valence-corrected chi connectivity index (χ1v) is 4.29. The molecule has 0 saturated heterocycles. The lowest BCUT2D eigenvalue weighted by molar-refractivity contribution is 0.598. The van der Waals surface area contributed by atoms with Crippen LogP contribution in [0.25, 0.3) is 0 Å². The molecule has 0 N–H and O–H groups in total. The Morgan fingerprint density at radius 1 is 0.667 bits per heavy atom. The summed E-state index contributed by atoms with van der Waals surface area (Å²) in [7, 11) is 0. The van der Waals surface area contributed by atoms with Crippen molar-refractivity contribution in [1.29, 1.82) is 0 Å². The van der Waals surface area contributed by atoms with Gasteiger partial charge in [-0.3, -0.25) is 0 Å². The molecule has 0 aliphatic carbocycles. The van der Waals surface area contributed by atoms with Crippen LogP contribution in [0.2, 0.25) is 0 Å². The van der Waals surface area contributed by atoms with Crippen LogP contribution >= 0.6 is 0 Å². The number of hydrogen-bond acceptors (Lipinski definition) is 2. The van der Waals surface area contributed by atoms with Gasteiger partial charge in [0.15, 0.2) is 0 Å². The summed E-state index contributed by atoms with van der Waals surface area (Å²) in [6.07, 6.45) is 3.71. The third-order valence-electron chi connectivity index (χ3n) is 0.957. The molecular weight excluding hydrogens is 148 g/mol. The molecule has 0 atom stereocenters. The molecule has 0 aliphatic rings. The van der Waals surface area contributed by atoms with E-state index >= 15 is 0 Å². The van der Waals surface area contributed by atoms with E-state index in [1.807, 2.05) is 12.4 Å². The number of rotatable bonds is 1. The first-order valence-electron chi connectivity index (χ1n) is 4.29. The molecule has 0 aromatic carbocycles. The quantitative estimate of drug-likeness (QED) is 0.424. The minimum Gasteiger partial charge on any atom is -0.163 e. The van der Waals surface area contributed by atoms with Crippen molar-refractivity contribution in [3.8, 4) is 0 Å². The third kappa shape index (κ3) is 9.34. The van der Waals surface area contributed by atoms with Crippen molar-refractivity contribution in [3.63, 3.8) is 0 Å². The topological polar surface area (TPSA) is 24.7 Å². The van der Waals surface area contributed by atoms with E-state index in [4.69, 9.17) is 0 Å². The zero-order valence-corrected chi connectivity index (χ0v) is 9.05. The van der Waals surface area contributed by atoms with Crippen molar-refractivity contribution < 1.29 is 0 Å². The fourth-order valence-corrected chi connectivity index (χ4v) is 0.413. The van der Waals surface area contributed by atoms with Crippen LogP contribution < -0.4 is 0 Å². The van der Waals surface area contributed by atoms with Gasteiger partial charge in [0, 0.05) is 12.4 Å². The van der Waals surface area contributed by atoms with Crippen molar-refractivity contribution >= 4 is 12.4 Å². The van der Waals surface area contributed by atoms with Gasteiger partial charge in [-0.05, 0) is 10.8 Å². The highest BCUT2D eigenvalue weighted by Crippen LogP contribution is 2.10. The average molecular weight is 168 g/mol. The Morgan fingerprint density at radius 2 is 0.917 bits per heavy atom. The van der Waals surface area contributed by atoms with Crippen LogP contribution in [-0.4, -0.2) is 12.4 Å². The van der Waals surface area contributed by atoms with E-state index in [0.29, 0.717) is 0 Å². The highest BCUT2D eigenvalue weighted by molar-refractivity contribution is 5.67. The maximum absolute atomic E-state index is 3.97. The van der Waals surface area contributed by atoms with Crippen molar-refractivity contribution in [3.05, 3.63) is 0 Å². The average Bonchev–Trinajstić information content (AvgIpc) is 1.76. The van der Waals surface area contributed by atoms with Crippen LogP contribution in [0, 0.1) is 10.8 Å². The molecule has 2 heteroatoms. The second-order valence-electron chi connectivity index (χ2n) is 5.22. The van der Waals surface area contributed by atoms with Gasteiger partial charge in [0.25, 0.3) is 0 Å². The molecule has 0 unspecified atom stereocenters. The molecule has 0 bridgehead atoms. The Morgan fingerprint density at radius 3 is 1.08 bits per heavy atom. The van der Waals surface area contributed by atoms with Gasteiger partial charge in [-0.15, -0.1) is 0 Å². The Kier molecular flexibility index (Phi) is 3.62. The molecule has 0 fully saturated rings. The second kappa shape index (κ2) is 3.83. The standard InChI is InChI=1S/C10H20N2/c1-9(2,3)7-11-12-8-10(4,5)6/h7-8H,1-6H3. The molecule has 2 nitrogen and oxygen atoms in total. The molecule has 0 heterocycles.